The number of nitrogens with zero attached hydrogens (tertiary/aromatic N) is 4. The molecule has 2 aliphatic rings. The number of carbonyl (C=O) groups excluding carboxylic acids is 4. The van der Waals surface area contributed by atoms with Crippen molar-refractivity contribution in [3.05, 3.63) is 35.3 Å². The molecular weight excluding hydrogens is 677 g/mol. The van der Waals surface area contributed by atoms with Crippen LogP contribution in [0.3, 0.4) is 0 Å². The van der Waals surface area contributed by atoms with Crippen LogP contribution in [0.4, 0.5) is 0 Å². The van der Waals surface area contributed by atoms with Gasteiger partial charge in [0.2, 0.25) is 17.7 Å². The van der Waals surface area contributed by atoms with Crippen molar-refractivity contribution in [1.82, 2.24) is 40.4 Å². The van der Waals surface area contributed by atoms with Crippen molar-refractivity contribution in [1.29, 1.82) is 0 Å². The monoisotopic (exact) mass is 730 g/mol. The molecule has 0 bridgehead atoms. The molecule has 0 aromatic carbocycles. The van der Waals surface area contributed by atoms with Crippen LogP contribution in [0.5, 0.6) is 0 Å². The summed E-state index contributed by atoms with van der Waals surface area (Å²) in [5.74, 6) is 0.884. The summed E-state index contributed by atoms with van der Waals surface area (Å²) in [6.45, 7) is 13.3. The van der Waals surface area contributed by atoms with Crippen LogP contribution in [0, 0.1) is 0 Å². The maximum atomic E-state index is 12.4. The molecule has 6 heterocycles. The number of amides is 3. The summed E-state index contributed by atoms with van der Waals surface area (Å²) in [7, 11) is 3.11. The summed E-state index contributed by atoms with van der Waals surface area (Å²) in [5, 5.41) is 9.79. The van der Waals surface area contributed by atoms with Crippen LogP contribution in [-0.2, 0) is 23.9 Å². The maximum absolute atomic E-state index is 12.4. The number of likely N-dealkylation sites (tertiary alicyclic amines) is 2. The molecule has 0 spiro atoms. The molecule has 2 fully saturated rings. The average Bonchev–Trinajstić information content (AvgIpc) is 3.94. The first-order valence-electron chi connectivity index (χ1n) is 17.2. The Kier molecular flexibility index (Phi) is 19.7. The quantitative estimate of drug-likeness (QED) is 0.161. The average molecular weight is 731 g/mol. The minimum Gasteiger partial charge on any atom is -0.471 e. The fourth-order valence-corrected chi connectivity index (χ4v) is 7.54. The molecule has 276 valence electrons. The number of aromatic amines is 2. The van der Waals surface area contributed by atoms with Crippen molar-refractivity contribution in [2.45, 2.75) is 79.2 Å². The van der Waals surface area contributed by atoms with Crippen LogP contribution in [0.2, 0.25) is 0 Å². The predicted octanol–water partition coefficient (Wildman–Crippen LogP) is 5.99. The van der Waals surface area contributed by atoms with Gasteiger partial charge in [0.05, 0.1) is 65.7 Å². The van der Waals surface area contributed by atoms with Gasteiger partial charge in [0.1, 0.15) is 5.82 Å². The number of rotatable bonds is 8. The van der Waals surface area contributed by atoms with E-state index in [1.54, 1.807) is 40.9 Å². The number of hydrogen-bond acceptors (Lipinski definition) is 10. The Balaban J connectivity index is 0.000000327. The van der Waals surface area contributed by atoms with Crippen LogP contribution in [0.25, 0.3) is 31.9 Å². The summed E-state index contributed by atoms with van der Waals surface area (Å²) in [6, 6.07) is 0.0348. The number of methoxy groups -OCH3 is 1. The number of H-pyrrole nitrogens is 2. The third-order valence-electron chi connectivity index (χ3n) is 7.22. The van der Waals surface area contributed by atoms with Gasteiger partial charge in [0.15, 0.2) is 0 Å². The Morgan fingerprint density at radius 3 is 2.06 bits per heavy atom. The van der Waals surface area contributed by atoms with Gasteiger partial charge in [0.25, 0.3) is 6.47 Å². The minimum atomic E-state index is -0.150. The molecule has 4 N–H and O–H groups in total. The maximum Gasteiger partial charge on any atom is 0.292 e. The molecule has 0 radical (unpaired) electrons. The van der Waals surface area contributed by atoms with E-state index in [2.05, 4.69) is 73.8 Å². The lowest BCUT2D eigenvalue weighted by atomic mass is 10.2. The lowest BCUT2D eigenvalue weighted by molar-refractivity contribution is -0.131. The minimum absolute atomic E-state index is 0.0303. The van der Waals surface area contributed by atoms with Gasteiger partial charge in [-0.15, -0.1) is 22.7 Å². The zero-order valence-corrected chi connectivity index (χ0v) is 32.1. The van der Waals surface area contributed by atoms with Crippen molar-refractivity contribution in [2.24, 2.45) is 0 Å². The number of ether oxygens (including phenoxy) is 1. The second-order valence-electron chi connectivity index (χ2n) is 11.6. The van der Waals surface area contributed by atoms with Gasteiger partial charge in [-0.05, 0) is 32.7 Å². The van der Waals surface area contributed by atoms with E-state index in [0.717, 1.165) is 62.5 Å². The standard InChI is InChI=1S/C19H20N6OS2.C8H14N2O2.2C3H8.C2H4O2/c1-20-7-16(26)25-4-2-3-15(25)19-22-6-14(24-19)12-9-28-17-11(8-27-18(12)17)13-5-21-10-23-13;1-7(11)9-6-8(12)10-4-2-3-5-10;2*1-3-2;1-4-2-3/h5-6,8-10,15,20H,2-4,7H2,1H3,(H,21,23)(H,22,24);2-6H2,1H3,(H,9,11);2*3H2,1-2H3;2H,1H3/t15-;;;;/m0..../s1. The summed E-state index contributed by atoms with van der Waals surface area (Å²) in [5.41, 5.74) is 4.40. The van der Waals surface area contributed by atoms with Gasteiger partial charge in [-0.25, -0.2) is 9.97 Å². The van der Waals surface area contributed by atoms with E-state index in [1.807, 2.05) is 17.3 Å². The number of fused-ring (bicyclic) bond motifs is 1. The molecule has 0 aliphatic carbocycles. The van der Waals surface area contributed by atoms with Crippen molar-refractivity contribution < 1.29 is 23.9 Å². The molecular formula is C35H54N8O5S2. The molecule has 6 rings (SSSR count). The van der Waals surface area contributed by atoms with Gasteiger partial charge >= 0.3 is 0 Å². The summed E-state index contributed by atoms with van der Waals surface area (Å²) >= 11 is 3.47. The molecule has 3 amide bonds. The second-order valence-corrected chi connectivity index (χ2v) is 13.4. The van der Waals surface area contributed by atoms with E-state index in [9.17, 15) is 14.4 Å². The van der Waals surface area contributed by atoms with Gasteiger partial charge in [-0.3, -0.25) is 19.2 Å². The Morgan fingerprint density at radius 2 is 1.54 bits per heavy atom. The molecule has 4 aromatic heterocycles. The van der Waals surface area contributed by atoms with Crippen molar-refractivity contribution in [2.75, 3.05) is 46.9 Å². The molecule has 1 atom stereocenters. The van der Waals surface area contributed by atoms with E-state index in [0.29, 0.717) is 13.0 Å². The van der Waals surface area contributed by atoms with Gasteiger partial charge in [-0.2, -0.15) is 0 Å². The normalized spacial score (nSPS) is 14.6. The van der Waals surface area contributed by atoms with Gasteiger partial charge < -0.3 is 35.1 Å². The third kappa shape index (κ3) is 12.7. The number of carbonyl (C=O) groups is 4. The number of aromatic nitrogens is 4. The van der Waals surface area contributed by atoms with Crippen LogP contribution < -0.4 is 10.6 Å². The van der Waals surface area contributed by atoms with Gasteiger partial charge in [-0.1, -0.05) is 40.5 Å². The molecule has 2 aliphatic heterocycles. The topological polar surface area (TPSA) is 165 Å². The second kappa shape index (κ2) is 23.3. The summed E-state index contributed by atoms with van der Waals surface area (Å²) in [6.07, 6.45) is 12.1. The number of hydrogen-bond donors (Lipinski definition) is 4. The molecule has 15 heteroatoms. The molecule has 13 nitrogen and oxygen atoms in total. The van der Waals surface area contributed by atoms with E-state index in [1.165, 1.54) is 47.4 Å². The zero-order valence-electron chi connectivity index (χ0n) is 30.5. The highest BCUT2D eigenvalue weighted by atomic mass is 32.1. The highest BCUT2D eigenvalue weighted by Crippen LogP contribution is 2.43. The van der Waals surface area contributed by atoms with Crippen LogP contribution in [0.1, 0.15) is 85.0 Å². The first-order chi connectivity index (χ1) is 24.2. The van der Waals surface area contributed by atoms with Crippen LogP contribution in [0.15, 0.2) is 29.5 Å². The van der Waals surface area contributed by atoms with E-state index in [-0.39, 0.29) is 30.3 Å². The fraction of sp³-hybridized carbons (Fsp3) is 0.543. The number of thiophene rings is 2. The first-order valence-corrected chi connectivity index (χ1v) is 18.9. The van der Waals surface area contributed by atoms with E-state index in [4.69, 9.17) is 4.79 Å². The Labute approximate surface area is 303 Å². The van der Waals surface area contributed by atoms with E-state index < -0.39 is 0 Å². The number of imidazole rings is 2. The molecule has 0 unspecified atom stereocenters. The Bertz CT molecular complexity index is 1560. The molecule has 2 saturated heterocycles. The van der Waals surface area contributed by atoms with Gasteiger partial charge in [0, 0.05) is 48.4 Å². The van der Waals surface area contributed by atoms with E-state index >= 15 is 0 Å². The zero-order chi connectivity index (χ0) is 36.9. The largest absolute Gasteiger partial charge is 0.471 e. The highest BCUT2D eigenvalue weighted by Gasteiger charge is 2.31. The van der Waals surface area contributed by atoms with Crippen molar-refractivity contribution in [3.8, 4) is 22.5 Å². The van der Waals surface area contributed by atoms with Crippen molar-refractivity contribution >= 4 is 56.3 Å². The first kappa shape index (κ1) is 42.1. The smallest absolute Gasteiger partial charge is 0.292 e. The Hall–Kier alpha value is -4.08. The lowest BCUT2D eigenvalue weighted by Gasteiger charge is -2.23. The number of likely N-dealkylation sites (N-methyl/N-ethyl adjacent to an activating group) is 1. The predicted molar refractivity (Wildman–Crippen MR) is 202 cm³/mol. The highest BCUT2D eigenvalue weighted by molar-refractivity contribution is 7.27. The van der Waals surface area contributed by atoms with Crippen LogP contribution in [-0.4, -0.2) is 101 Å². The molecule has 0 saturated carbocycles. The lowest BCUT2D eigenvalue weighted by Crippen LogP contribution is -2.37. The number of nitrogens with one attached hydrogen (secondary N) is 4. The summed E-state index contributed by atoms with van der Waals surface area (Å²) in [4.78, 5) is 62.2. The van der Waals surface area contributed by atoms with Crippen LogP contribution >= 0.6 is 22.7 Å². The molecule has 4 aromatic rings. The fourth-order valence-electron chi connectivity index (χ4n) is 5.12. The van der Waals surface area contributed by atoms with Crippen molar-refractivity contribution in [3.63, 3.8) is 0 Å². The SMILES string of the molecule is CC(=O)NCC(=O)N1CCCC1.CCC.CCC.CNCC(=O)N1CCC[C@H]1c1ncc(-c2csc3c(-c4cnc[nH]4)csc23)[nH]1.COC=O. The Morgan fingerprint density at radius 1 is 0.940 bits per heavy atom. The summed E-state index contributed by atoms with van der Waals surface area (Å²) < 4.78 is 6.37. The molecule has 50 heavy (non-hydrogen) atoms. The third-order valence-corrected chi connectivity index (χ3v) is 9.37.